The number of rotatable bonds is 1. The first-order chi connectivity index (χ1) is 7.66. The maximum Gasteiger partial charge on any atom is 0.255 e. The number of amides is 1. The predicted octanol–water partition coefficient (Wildman–Crippen LogP) is 1.67. The summed E-state index contributed by atoms with van der Waals surface area (Å²) in [5.41, 5.74) is 1.62. The summed E-state index contributed by atoms with van der Waals surface area (Å²) in [6, 6.07) is 4.09. The molecular formula is C12H19Cl2N3O. The molecule has 2 heterocycles. The van der Waals surface area contributed by atoms with Crippen LogP contribution >= 0.6 is 24.8 Å². The minimum absolute atomic E-state index is 0. The number of aryl methyl sites for hydroxylation is 1. The fraction of sp³-hybridized carbons (Fsp3) is 0.500. The molecule has 0 saturated carbocycles. The highest BCUT2D eigenvalue weighted by molar-refractivity contribution is 5.94. The van der Waals surface area contributed by atoms with E-state index in [4.69, 9.17) is 0 Å². The molecule has 1 aliphatic heterocycles. The summed E-state index contributed by atoms with van der Waals surface area (Å²) in [6.07, 6.45) is 1.66. The minimum atomic E-state index is 0. The van der Waals surface area contributed by atoms with Gasteiger partial charge in [0.2, 0.25) is 0 Å². The maximum absolute atomic E-state index is 12.1. The van der Waals surface area contributed by atoms with E-state index in [0.717, 1.165) is 25.3 Å². The Kier molecular flexibility index (Phi) is 7.21. The number of nitrogens with one attached hydrogen (secondary N) is 1. The van der Waals surface area contributed by atoms with Gasteiger partial charge in [-0.3, -0.25) is 9.78 Å². The molecule has 1 aliphatic rings. The molecular weight excluding hydrogens is 273 g/mol. The van der Waals surface area contributed by atoms with Crippen LogP contribution in [-0.4, -0.2) is 41.5 Å². The van der Waals surface area contributed by atoms with Crippen molar-refractivity contribution in [1.29, 1.82) is 0 Å². The summed E-state index contributed by atoms with van der Waals surface area (Å²) >= 11 is 0. The van der Waals surface area contributed by atoms with Gasteiger partial charge in [-0.2, -0.15) is 0 Å². The number of nitrogens with zero attached hydrogens (tertiary/aromatic N) is 2. The maximum atomic E-state index is 12.1. The zero-order valence-electron chi connectivity index (χ0n) is 10.5. The van der Waals surface area contributed by atoms with E-state index in [2.05, 4.69) is 17.2 Å². The molecule has 0 radical (unpaired) electrons. The van der Waals surface area contributed by atoms with Crippen LogP contribution in [0.5, 0.6) is 0 Å². The third-order valence-corrected chi connectivity index (χ3v) is 2.81. The number of aromatic nitrogens is 1. The van der Waals surface area contributed by atoms with Crippen LogP contribution in [0, 0.1) is 6.92 Å². The second-order valence-electron chi connectivity index (χ2n) is 4.29. The number of carbonyl (C=O) groups excluding carboxylic acids is 1. The Morgan fingerprint density at radius 3 is 2.72 bits per heavy atom. The van der Waals surface area contributed by atoms with Gasteiger partial charge >= 0.3 is 0 Å². The van der Waals surface area contributed by atoms with Crippen LogP contribution in [0.4, 0.5) is 0 Å². The summed E-state index contributed by atoms with van der Waals surface area (Å²) < 4.78 is 0. The van der Waals surface area contributed by atoms with Gasteiger partial charge in [0.1, 0.15) is 0 Å². The normalized spacial score (nSPS) is 18.6. The van der Waals surface area contributed by atoms with E-state index < -0.39 is 0 Å². The molecule has 6 heteroatoms. The molecule has 1 amide bonds. The van der Waals surface area contributed by atoms with Crippen LogP contribution in [0.25, 0.3) is 0 Å². The van der Waals surface area contributed by atoms with Crippen LogP contribution in [0.15, 0.2) is 18.3 Å². The Morgan fingerprint density at radius 1 is 1.44 bits per heavy atom. The van der Waals surface area contributed by atoms with Crippen molar-refractivity contribution in [3.8, 4) is 0 Å². The first-order valence-electron chi connectivity index (χ1n) is 5.62. The number of pyridine rings is 1. The molecule has 1 aromatic heterocycles. The van der Waals surface area contributed by atoms with Gasteiger partial charge in [0, 0.05) is 37.6 Å². The largest absolute Gasteiger partial charge is 0.336 e. The van der Waals surface area contributed by atoms with Gasteiger partial charge < -0.3 is 10.2 Å². The third-order valence-electron chi connectivity index (χ3n) is 2.81. The lowest BCUT2D eigenvalue weighted by atomic mass is 10.2. The Labute approximate surface area is 120 Å². The lowest BCUT2D eigenvalue weighted by molar-refractivity contribution is 0.0708. The molecule has 18 heavy (non-hydrogen) atoms. The lowest BCUT2D eigenvalue weighted by Crippen LogP contribution is -2.51. The summed E-state index contributed by atoms with van der Waals surface area (Å²) in [4.78, 5) is 18.1. The van der Waals surface area contributed by atoms with Crippen LogP contribution < -0.4 is 5.32 Å². The Bertz CT molecular complexity index is 383. The standard InChI is InChI=1S/C12H17N3O.2ClH/c1-9-3-4-11(7-14-9)12(16)15-6-5-13-10(2)8-15;;/h3-4,7,10,13H,5-6,8H2,1-2H3;2*1H. The van der Waals surface area contributed by atoms with E-state index >= 15 is 0 Å². The number of carbonyl (C=O) groups is 1. The fourth-order valence-corrected chi connectivity index (χ4v) is 1.89. The SMILES string of the molecule is Cc1ccc(C(=O)N2CCNC(C)C2)cn1.Cl.Cl. The van der Waals surface area contributed by atoms with Gasteiger partial charge in [-0.15, -0.1) is 24.8 Å². The molecule has 1 unspecified atom stereocenters. The lowest BCUT2D eigenvalue weighted by Gasteiger charge is -2.31. The minimum Gasteiger partial charge on any atom is -0.336 e. The number of halogens is 2. The van der Waals surface area contributed by atoms with E-state index in [9.17, 15) is 4.79 Å². The quantitative estimate of drug-likeness (QED) is 0.856. The molecule has 102 valence electrons. The summed E-state index contributed by atoms with van der Waals surface area (Å²) in [6.45, 7) is 6.42. The van der Waals surface area contributed by atoms with Gasteiger partial charge in [-0.25, -0.2) is 0 Å². The number of hydrogen-bond donors (Lipinski definition) is 1. The average Bonchev–Trinajstić information content (AvgIpc) is 2.29. The van der Waals surface area contributed by atoms with Gasteiger partial charge in [0.25, 0.3) is 5.91 Å². The van der Waals surface area contributed by atoms with Crippen molar-refractivity contribution in [3.05, 3.63) is 29.6 Å². The molecule has 0 aromatic carbocycles. The summed E-state index contributed by atoms with van der Waals surface area (Å²) in [7, 11) is 0. The van der Waals surface area contributed by atoms with Crippen molar-refractivity contribution in [2.24, 2.45) is 0 Å². The van der Waals surface area contributed by atoms with Crippen molar-refractivity contribution in [1.82, 2.24) is 15.2 Å². The van der Waals surface area contributed by atoms with Crippen molar-refractivity contribution in [3.63, 3.8) is 0 Å². The average molecular weight is 292 g/mol. The Balaban J connectivity index is 0.00000144. The highest BCUT2D eigenvalue weighted by atomic mass is 35.5. The molecule has 0 aliphatic carbocycles. The molecule has 0 spiro atoms. The summed E-state index contributed by atoms with van der Waals surface area (Å²) in [5.74, 6) is 0.0841. The van der Waals surface area contributed by atoms with Crippen molar-refractivity contribution < 1.29 is 4.79 Å². The van der Waals surface area contributed by atoms with Gasteiger partial charge in [-0.1, -0.05) is 0 Å². The topological polar surface area (TPSA) is 45.2 Å². The zero-order valence-corrected chi connectivity index (χ0v) is 12.2. The first-order valence-corrected chi connectivity index (χ1v) is 5.62. The van der Waals surface area contributed by atoms with E-state index in [-0.39, 0.29) is 30.7 Å². The molecule has 1 aromatic rings. The molecule has 1 saturated heterocycles. The highest BCUT2D eigenvalue weighted by Gasteiger charge is 2.21. The van der Waals surface area contributed by atoms with Crippen molar-refractivity contribution in [2.45, 2.75) is 19.9 Å². The monoisotopic (exact) mass is 291 g/mol. The fourth-order valence-electron chi connectivity index (χ4n) is 1.89. The predicted molar refractivity (Wildman–Crippen MR) is 76.8 cm³/mol. The molecule has 1 atom stereocenters. The Morgan fingerprint density at radius 2 is 2.17 bits per heavy atom. The van der Waals surface area contributed by atoms with E-state index in [1.165, 1.54) is 0 Å². The van der Waals surface area contributed by atoms with Crippen LogP contribution in [0.3, 0.4) is 0 Å². The Hall–Kier alpha value is -0.840. The van der Waals surface area contributed by atoms with Crippen molar-refractivity contribution >= 4 is 30.7 Å². The van der Waals surface area contributed by atoms with Gasteiger partial charge in [-0.05, 0) is 26.0 Å². The second kappa shape index (κ2) is 7.56. The second-order valence-corrected chi connectivity index (χ2v) is 4.29. The van der Waals surface area contributed by atoms with Crippen LogP contribution in [-0.2, 0) is 0 Å². The molecule has 1 fully saturated rings. The molecule has 1 N–H and O–H groups in total. The molecule has 2 rings (SSSR count). The van der Waals surface area contributed by atoms with Gasteiger partial charge in [0.05, 0.1) is 5.56 Å². The van der Waals surface area contributed by atoms with E-state index in [1.807, 2.05) is 24.0 Å². The smallest absolute Gasteiger partial charge is 0.255 e. The van der Waals surface area contributed by atoms with Crippen molar-refractivity contribution in [2.75, 3.05) is 19.6 Å². The van der Waals surface area contributed by atoms with Gasteiger partial charge in [0.15, 0.2) is 0 Å². The van der Waals surface area contributed by atoms with Crippen LogP contribution in [0.2, 0.25) is 0 Å². The molecule has 0 bridgehead atoms. The summed E-state index contributed by atoms with van der Waals surface area (Å²) in [5, 5.41) is 3.32. The number of hydrogen-bond acceptors (Lipinski definition) is 3. The third kappa shape index (κ3) is 4.12. The van der Waals surface area contributed by atoms with Crippen LogP contribution in [0.1, 0.15) is 23.0 Å². The highest BCUT2D eigenvalue weighted by Crippen LogP contribution is 2.07. The number of piperazine rings is 1. The van der Waals surface area contributed by atoms with E-state index in [0.29, 0.717) is 11.6 Å². The molecule has 4 nitrogen and oxygen atoms in total. The van der Waals surface area contributed by atoms with E-state index in [1.54, 1.807) is 6.20 Å². The zero-order chi connectivity index (χ0) is 11.5. The first kappa shape index (κ1) is 17.2.